The summed E-state index contributed by atoms with van der Waals surface area (Å²) in [5.74, 6) is 0.795. The number of nitriles is 1. The van der Waals surface area contributed by atoms with Crippen LogP contribution in [0.5, 0.6) is 5.75 Å². The van der Waals surface area contributed by atoms with Gasteiger partial charge in [-0.2, -0.15) is 5.26 Å². The Kier molecular flexibility index (Phi) is 3.35. The molecule has 3 nitrogen and oxygen atoms in total. The summed E-state index contributed by atoms with van der Waals surface area (Å²) in [6.07, 6.45) is 2.35. The zero-order valence-corrected chi connectivity index (χ0v) is 10.4. The van der Waals surface area contributed by atoms with E-state index in [1.54, 1.807) is 7.11 Å². The zero-order valence-electron chi connectivity index (χ0n) is 10.4. The molecular weight excluding hydrogens is 212 g/mol. The molecule has 1 aromatic rings. The van der Waals surface area contributed by atoms with Crippen molar-refractivity contribution >= 4 is 0 Å². The minimum absolute atomic E-state index is 0.580. The first-order valence-corrected chi connectivity index (χ1v) is 6.02. The van der Waals surface area contributed by atoms with Crippen molar-refractivity contribution in [2.45, 2.75) is 25.3 Å². The molecule has 1 heterocycles. The smallest absolute Gasteiger partial charge is 0.135 e. The van der Waals surface area contributed by atoms with Gasteiger partial charge in [0.25, 0.3) is 0 Å². The second-order valence-electron chi connectivity index (χ2n) is 4.58. The van der Waals surface area contributed by atoms with Crippen LogP contribution in [-0.4, -0.2) is 25.1 Å². The van der Waals surface area contributed by atoms with E-state index in [-0.39, 0.29) is 0 Å². The van der Waals surface area contributed by atoms with Crippen LogP contribution in [0.1, 0.15) is 25.3 Å². The third-order valence-corrected chi connectivity index (χ3v) is 3.59. The van der Waals surface area contributed by atoms with Gasteiger partial charge in [0.05, 0.1) is 13.2 Å². The normalized spacial score (nSPS) is 19.6. The molecule has 90 valence electrons. The van der Waals surface area contributed by atoms with E-state index in [1.807, 2.05) is 31.2 Å². The van der Waals surface area contributed by atoms with E-state index in [9.17, 15) is 5.26 Å². The number of methoxy groups -OCH3 is 1. The maximum absolute atomic E-state index is 9.57. The lowest BCUT2D eigenvalue weighted by Gasteiger charge is -2.33. The van der Waals surface area contributed by atoms with Crippen molar-refractivity contribution in [3.63, 3.8) is 0 Å². The molecule has 0 aromatic heterocycles. The van der Waals surface area contributed by atoms with Gasteiger partial charge >= 0.3 is 0 Å². The molecule has 3 heteroatoms. The van der Waals surface area contributed by atoms with Crippen LogP contribution < -0.4 is 4.74 Å². The summed E-state index contributed by atoms with van der Waals surface area (Å²) < 4.78 is 5.38. The molecule has 2 rings (SSSR count). The minimum Gasteiger partial charge on any atom is -0.496 e. The number of nitrogens with zero attached hydrogens (tertiary/aromatic N) is 2. The first kappa shape index (κ1) is 11.9. The Hall–Kier alpha value is -1.53. The fourth-order valence-electron chi connectivity index (χ4n) is 2.51. The minimum atomic E-state index is -0.580. The van der Waals surface area contributed by atoms with E-state index < -0.39 is 5.54 Å². The van der Waals surface area contributed by atoms with Crippen LogP contribution in [0.2, 0.25) is 0 Å². The molecule has 1 aromatic carbocycles. The monoisotopic (exact) mass is 230 g/mol. The molecule has 1 unspecified atom stereocenters. The molecule has 17 heavy (non-hydrogen) atoms. The van der Waals surface area contributed by atoms with Crippen LogP contribution in [0.25, 0.3) is 0 Å². The number of ether oxygens (including phenoxy) is 1. The molecule has 0 amide bonds. The summed E-state index contributed by atoms with van der Waals surface area (Å²) in [5.41, 5.74) is 0.384. The zero-order chi connectivity index (χ0) is 12.3. The standard InChI is InChI=1S/C14H18N2O/c1-14(11-15,16-9-5-6-10-16)12-7-3-4-8-13(12)17-2/h3-4,7-8H,5-6,9-10H2,1-2H3. The topological polar surface area (TPSA) is 36.3 Å². The summed E-state index contributed by atoms with van der Waals surface area (Å²) in [6.45, 7) is 3.96. The van der Waals surface area contributed by atoms with Crippen LogP contribution in [-0.2, 0) is 5.54 Å². The molecule has 1 saturated heterocycles. The highest BCUT2D eigenvalue weighted by Crippen LogP contribution is 2.36. The number of hydrogen-bond donors (Lipinski definition) is 0. The van der Waals surface area contributed by atoms with Crippen molar-refractivity contribution < 1.29 is 4.74 Å². The van der Waals surface area contributed by atoms with Gasteiger partial charge in [0.2, 0.25) is 0 Å². The summed E-state index contributed by atoms with van der Waals surface area (Å²) in [4.78, 5) is 2.24. The summed E-state index contributed by atoms with van der Waals surface area (Å²) in [7, 11) is 1.65. The van der Waals surface area contributed by atoms with E-state index in [0.717, 1.165) is 24.4 Å². The molecule has 1 aliphatic rings. The average molecular weight is 230 g/mol. The predicted octanol–water partition coefficient (Wildman–Crippen LogP) is 2.53. The van der Waals surface area contributed by atoms with Gasteiger partial charge in [-0.05, 0) is 38.9 Å². The number of benzene rings is 1. The predicted molar refractivity (Wildman–Crippen MR) is 66.8 cm³/mol. The Bertz CT molecular complexity index is 432. The van der Waals surface area contributed by atoms with Gasteiger partial charge in [-0.25, -0.2) is 0 Å². The molecule has 1 atom stereocenters. The van der Waals surface area contributed by atoms with Gasteiger partial charge in [-0.15, -0.1) is 0 Å². The van der Waals surface area contributed by atoms with Gasteiger partial charge in [0.1, 0.15) is 11.3 Å². The van der Waals surface area contributed by atoms with Gasteiger partial charge in [0, 0.05) is 5.56 Å². The lowest BCUT2D eigenvalue weighted by molar-refractivity contribution is 0.189. The molecule has 1 aliphatic heterocycles. The number of hydrogen-bond acceptors (Lipinski definition) is 3. The second-order valence-corrected chi connectivity index (χ2v) is 4.58. The average Bonchev–Trinajstić information content (AvgIpc) is 2.92. The highest BCUT2D eigenvalue weighted by atomic mass is 16.5. The van der Waals surface area contributed by atoms with Crippen LogP contribution in [0, 0.1) is 11.3 Å². The number of rotatable bonds is 3. The van der Waals surface area contributed by atoms with Crippen LogP contribution in [0.3, 0.4) is 0 Å². The van der Waals surface area contributed by atoms with Gasteiger partial charge < -0.3 is 4.74 Å². The molecule has 0 bridgehead atoms. The summed E-state index contributed by atoms with van der Waals surface area (Å²) >= 11 is 0. The van der Waals surface area contributed by atoms with E-state index in [1.165, 1.54) is 12.8 Å². The molecule has 1 fully saturated rings. The lowest BCUT2D eigenvalue weighted by Crippen LogP contribution is -2.41. The van der Waals surface area contributed by atoms with Crippen molar-refractivity contribution in [2.24, 2.45) is 0 Å². The van der Waals surface area contributed by atoms with Crippen molar-refractivity contribution in [3.05, 3.63) is 29.8 Å². The third-order valence-electron chi connectivity index (χ3n) is 3.59. The second kappa shape index (κ2) is 4.77. The first-order chi connectivity index (χ1) is 8.22. The van der Waals surface area contributed by atoms with Gasteiger partial charge in [-0.3, -0.25) is 4.90 Å². The largest absolute Gasteiger partial charge is 0.496 e. The van der Waals surface area contributed by atoms with Crippen molar-refractivity contribution in [2.75, 3.05) is 20.2 Å². The lowest BCUT2D eigenvalue weighted by atomic mass is 9.91. The Morgan fingerprint density at radius 2 is 1.94 bits per heavy atom. The molecule has 0 N–H and O–H groups in total. The molecule has 0 aliphatic carbocycles. The Balaban J connectivity index is 2.43. The highest BCUT2D eigenvalue weighted by molar-refractivity contribution is 5.42. The van der Waals surface area contributed by atoms with Gasteiger partial charge in [0.15, 0.2) is 0 Å². The Morgan fingerprint density at radius 3 is 2.53 bits per heavy atom. The van der Waals surface area contributed by atoms with E-state index in [0.29, 0.717) is 0 Å². The van der Waals surface area contributed by atoms with Gasteiger partial charge in [-0.1, -0.05) is 18.2 Å². The first-order valence-electron chi connectivity index (χ1n) is 6.02. The van der Waals surface area contributed by atoms with Crippen molar-refractivity contribution in [3.8, 4) is 11.8 Å². The van der Waals surface area contributed by atoms with E-state index >= 15 is 0 Å². The SMILES string of the molecule is COc1ccccc1C(C)(C#N)N1CCCC1. The molecular formula is C14H18N2O. The molecule has 0 spiro atoms. The Morgan fingerprint density at radius 1 is 1.29 bits per heavy atom. The summed E-state index contributed by atoms with van der Waals surface area (Å²) in [5, 5.41) is 9.57. The summed E-state index contributed by atoms with van der Waals surface area (Å²) in [6, 6.07) is 10.3. The fraction of sp³-hybridized carbons (Fsp3) is 0.500. The quantitative estimate of drug-likeness (QED) is 0.800. The number of para-hydroxylation sites is 1. The van der Waals surface area contributed by atoms with Crippen molar-refractivity contribution in [1.82, 2.24) is 4.90 Å². The number of likely N-dealkylation sites (tertiary alicyclic amines) is 1. The van der Waals surface area contributed by atoms with E-state index in [4.69, 9.17) is 4.74 Å². The molecule has 0 radical (unpaired) electrons. The maximum atomic E-state index is 9.57. The molecule has 0 saturated carbocycles. The van der Waals surface area contributed by atoms with Crippen LogP contribution >= 0.6 is 0 Å². The maximum Gasteiger partial charge on any atom is 0.135 e. The van der Waals surface area contributed by atoms with Crippen molar-refractivity contribution in [1.29, 1.82) is 5.26 Å². The van der Waals surface area contributed by atoms with Crippen LogP contribution in [0.15, 0.2) is 24.3 Å². The highest BCUT2D eigenvalue weighted by Gasteiger charge is 2.37. The Labute approximate surface area is 103 Å². The fourth-order valence-corrected chi connectivity index (χ4v) is 2.51. The van der Waals surface area contributed by atoms with Crippen LogP contribution in [0.4, 0.5) is 0 Å². The third kappa shape index (κ3) is 2.01. The van der Waals surface area contributed by atoms with E-state index in [2.05, 4.69) is 11.0 Å².